The highest BCUT2D eigenvalue weighted by molar-refractivity contribution is 5.70. The Labute approximate surface area is 147 Å². The number of amides is 1. The third-order valence-corrected chi connectivity index (χ3v) is 6.28. The highest BCUT2D eigenvalue weighted by Crippen LogP contribution is 2.53. The number of unbranched alkanes of at least 4 members (excludes halogenated alkanes) is 2. The molecule has 1 N–H and O–H groups in total. The molecular formula is C20H37NO3. The van der Waals surface area contributed by atoms with Crippen molar-refractivity contribution < 1.29 is 14.6 Å². The topological polar surface area (TPSA) is 49.8 Å². The number of hydrogen-bond acceptors (Lipinski definition) is 3. The lowest BCUT2D eigenvalue weighted by atomic mass is 9.68. The van der Waals surface area contributed by atoms with Crippen LogP contribution in [0.5, 0.6) is 0 Å². The maximum atomic E-state index is 13.0. The summed E-state index contributed by atoms with van der Waals surface area (Å²) in [5, 5.41) is 10.3. The van der Waals surface area contributed by atoms with Crippen LogP contribution >= 0.6 is 0 Å². The van der Waals surface area contributed by atoms with Crippen LogP contribution in [-0.2, 0) is 4.74 Å². The number of carbonyl (C=O) groups excluding carboxylic acids is 1. The van der Waals surface area contributed by atoms with Crippen molar-refractivity contribution in [2.75, 3.05) is 0 Å². The molecule has 4 nitrogen and oxygen atoms in total. The van der Waals surface area contributed by atoms with E-state index in [0.29, 0.717) is 12.8 Å². The van der Waals surface area contributed by atoms with Crippen molar-refractivity contribution in [3.05, 3.63) is 0 Å². The predicted octanol–water partition coefficient (Wildman–Crippen LogP) is 4.89. The van der Waals surface area contributed by atoms with Crippen LogP contribution in [0.3, 0.4) is 0 Å². The van der Waals surface area contributed by atoms with Gasteiger partial charge in [-0.3, -0.25) is 4.90 Å². The van der Waals surface area contributed by atoms with Crippen molar-refractivity contribution in [3.8, 4) is 0 Å². The summed E-state index contributed by atoms with van der Waals surface area (Å²) in [6.45, 7) is 10.8. The number of rotatable bonds is 6. The van der Waals surface area contributed by atoms with Crippen molar-refractivity contribution >= 4 is 6.09 Å². The van der Waals surface area contributed by atoms with Crippen molar-refractivity contribution in [1.29, 1.82) is 0 Å². The number of piperidine rings is 1. The summed E-state index contributed by atoms with van der Waals surface area (Å²) < 4.78 is 5.93. The van der Waals surface area contributed by atoms with Gasteiger partial charge in [0.1, 0.15) is 6.10 Å². The zero-order valence-electron chi connectivity index (χ0n) is 16.3. The van der Waals surface area contributed by atoms with Crippen molar-refractivity contribution in [1.82, 2.24) is 4.90 Å². The van der Waals surface area contributed by atoms with Crippen LogP contribution in [0.15, 0.2) is 0 Å². The molecule has 2 aliphatic heterocycles. The van der Waals surface area contributed by atoms with E-state index in [1.54, 1.807) is 0 Å². The van der Waals surface area contributed by atoms with Crippen LogP contribution in [0.2, 0.25) is 0 Å². The minimum atomic E-state index is -0.299. The van der Waals surface area contributed by atoms with Crippen LogP contribution < -0.4 is 0 Å². The monoisotopic (exact) mass is 339 g/mol. The minimum absolute atomic E-state index is 0.0207. The molecule has 4 heteroatoms. The first-order chi connectivity index (χ1) is 11.2. The highest BCUT2D eigenvalue weighted by atomic mass is 16.6. The Morgan fingerprint density at radius 1 is 1.33 bits per heavy atom. The lowest BCUT2D eigenvalue weighted by Gasteiger charge is -2.53. The molecule has 4 unspecified atom stereocenters. The van der Waals surface area contributed by atoms with Crippen molar-refractivity contribution in [2.45, 2.75) is 116 Å². The lowest BCUT2D eigenvalue weighted by Crippen LogP contribution is -2.62. The van der Waals surface area contributed by atoms with Gasteiger partial charge in [0.25, 0.3) is 0 Å². The van der Waals surface area contributed by atoms with Gasteiger partial charge in [-0.15, -0.1) is 0 Å². The Kier molecular flexibility index (Phi) is 6.22. The van der Waals surface area contributed by atoms with Gasteiger partial charge in [0.05, 0.1) is 11.6 Å². The highest BCUT2D eigenvalue weighted by Gasteiger charge is 2.59. The molecule has 24 heavy (non-hydrogen) atoms. The largest absolute Gasteiger partial charge is 0.446 e. The Morgan fingerprint density at radius 3 is 2.62 bits per heavy atom. The van der Waals surface area contributed by atoms with Crippen molar-refractivity contribution in [2.24, 2.45) is 5.41 Å². The zero-order valence-corrected chi connectivity index (χ0v) is 16.3. The molecule has 0 radical (unpaired) electrons. The summed E-state index contributed by atoms with van der Waals surface area (Å²) in [5.74, 6) is 0. The third kappa shape index (κ3) is 3.74. The van der Waals surface area contributed by atoms with Gasteiger partial charge in [0.15, 0.2) is 0 Å². The summed E-state index contributed by atoms with van der Waals surface area (Å²) in [6, 6.07) is 0.133. The Balaban J connectivity index is 2.12. The molecule has 2 bridgehead atoms. The van der Waals surface area contributed by atoms with Gasteiger partial charge in [0, 0.05) is 6.04 Å². The molecule has 2 rings (SSSR count). The van der Waals surface area contributed by atoms with Gasteiger partial charge in [-0.1, -0.05) is 47.5 Å². The number of ether oxygens (including phenoxy) is 1. The summed E-state index contributed by atoms with van der Waals surface area (Å²) in [7, 11) is 0. The normalized spacial score (nSPS) is 31.2. The van der Waals surface area contributed by atoms with E-state index in [1.165, 1.54) is 12.8 Å². The summed E-state index contributed by atoms with van der Waals surface area (Å²) >= 11 is 0. The fourth-order valence-electron chi connectivity index (χ4n) is 4.75. The smallest absolute Gasteiger partial charge is 0.410 e. The first kappa shape index (κ1) is 19.6. The fraction of sp³-hybridized carbons (Fsp3) is 0.950. The van der Waals surface area contributed by atoms with Gasteiger partial charge >= 0.3 is 6.09 Å². The van der Waals surface area contributed by atoms with E-state index in [4.69, 9.17) is 4.74 Å². The van der Waals surface area contributed by atoms with Crippen LogP contribution in [-0.4, -0.2) is 39.9 Å². The first-order valence-corrected chi connectivity index (χ1v) is 9.93. The molecule has 0 aliphatic carbocycles. The standard InChI is InChI=1S/C20H37NO3/c1-6-8-9-10-17(7-2)24-18(23)21-15-11-12-20(21,19(3,4)5)14-16(22)13-15/h15-17,22H,6-14H2,1-5H3. The second-order valence-electron chi connectivity index (χ2n) is 8.85. The number of fused-ring (bicyclic) bond motifs is 2. The second kappa shape index (κ2) is 7.63. The molecule has 140 valence electrons. The minimum Gasteiger partial charge on any atom is -0.446 e. The Morgan fingerprint density at radius 2 is 2.04 bits per heavy atom. The van der Waals surface area contributed by atoms with Crippen LogP contribution in [0.1, 0.15) is 92.4 Å². The van der Waals surface area contributed by atoms with E-state index < -0.39 is 0 Å². The Hall–Kier alpha value is -0.770. The van der Waals surface area contributed by atoms with Crippen molar-refractivity contribution in [3.63, 3.8) is 0 Å². The van der Waals surface area contributed by atoms with E-state index >= 15 is 0 Å². The number of nitrogens with zero attached hydrogens (tertiary/aromatic N) is 1. The molecule has 0 aromatic heterocycles. The van der Waals surface area contributed by atoms with Gasteiger partial charge in [0.2, 0.25) is 0 Å². The van der Waals surface area contributed by atoms with Gasteiger partial charge in [-0.2, -0.15) is 0 Å². The van der Waals surface area contributed by atoms with Crippen LogP contribution in [0, 0.1) is 5.41 Å². The van der Waals surface area contributed by atoms with E-state index in [2.05, 4.69) is 34.6 Å². The zero-order chi connectivity index (χ0) is 18.0. The number of carbonyl (C=O) groups is 1. The van der Waals surface area contributed by atoms with E-state index in [9.17, 15) is 9.90 Å². The molecule has 0 saturated carbocycles. The SMILES string of the molecule is CCCCCC(CC)OC(=O)N1C2CCC1(C(C)(C)C)CC(O)C2. The molecule has 2 saturated heterocycles. The third-order valence-electron chi connectivity index (χ3n) is 6.28. The second-order valence-corrected chi connectivity index (χ2v) is 8.85. The van der Waals surface area contributed by atoms with E-state index in [1.807, 2.05) is 4.90 Å². The molecule has 2 fully saturated rings. The maximum absolute atomic E-state index is 13.0. The average molecular weight is 340 g/mol. The average Bonchev–Trinajstić information content (AvgIpc) is 2.75. The van der Waals surface area contributed by atoms with Gasteiger partial charge in [-0.25, -0.2) is 4.79 Å². The predicted molar refractivity (Wildman–Crippen MR) is 97.0 cm³/mol. The molecule has 4 atom stereocenters. The fourth-order valence-corrected chi connectivity index (χ4v) is 4.75. The molecule has 0 aromatic carbocycles. The number of aliphatic hydroxyl groups is 1. The van der Waals surface area contributed by atoms with E-state index in [-0.39, 0.29) is 35.3 Å². The lowest BCUT2D eigenvalue weighted by molar-refractivity contribution is -0.0720. The summed E-state index contributed by atoms with van der Waals surface area (Å²) in [6.07, 6.45) is 8.22. The van der Waals surface area contributed by atoms with Crippen LogP contribution in [0.4, 0.5) is 4.79 Å². The molecule has 2 heterocycles. The number of aliphatic hydroxyl groups excluding tert-OH is 1. The molecular weight excluding hydrogens is 302 g/mol. The first-order valence-electron chi connectivity index (χ1n) is 9.93. The summed E-state index contributed by atoms with van der Waals surface area (Å²) in [4.78, 5) is 15.1. The Bertz CT molecular complexity index is 431. The van der Waals surface area contributed by atoms with Crippen LogP contribution in [0.25, 0.3) is 0 Å². The number of hydrogen-bond donors (Lipinski definition) is 1. The van der Waals surface area contributed by atoms with Gasteiger partial charge < -0.3 is 9.84 Å². The maximum Gasteiger partial charge on any atom is 0.410 e. The molecule has 2 aliphatic rings. The molecule has 0 spiro atoms. The molecule has 0 aromatic rings. The summed E-state index contributed by atoms with van der Waals surface area (Å²) in [5.41, 5.74) is -0.333. The molecule has 1 amide bonds. The quantitative estimate of drug-likeness (QED) is 0.701. The van der Waals surface area contributed by atoms with Gasteiger partial charge in [-0.05, 0) is 50.4 Å². The van der Waals surface area contributed by atoms with E-state index in [0.717, 1.165) is 32.1 Å².